The molecular weight excluding hydrogens is 252 g/mol. The van der Waals surface area contributed by atoms with E-state index in [4.69, 9.17) is 5.73 Å². The van der Waals surface area contributed by atoms with E-state index in [0.29, 0.717) is 6.54 Å². The molecule has 0 fully saturated rings. The van der Waals surface area contributed by atoms with Gasteiger partial charge in [0.05, 0.1) is 24.8 Å². The van der Waals surface area contributed by atoms with Gasteiger partial charge in [-0.1, -0.05) is 17.3 Å². The summed E-state index contributed by atoms with van der Waals surface area (Å²) in [6.45, 7) is 2.58. The van der Waals surface area contributed by atoms with Gasteiger partial charge in [-0.15, -0.1) is 5.10 Å². The normalized spacial score (nSPS) is 12.5. The van der Waals surface area contributed by atoms with Crippen LogP contribution in [-0.2, 0) is 6.54 Å². The number of nitrogens with zero attached hydrogens (tertiary/aromatic N) is 5. The summed E-state index contributed by atoms with van der Waals surface area (Å²) in [5, 5.41) is 8.12. The van der Waals surface area contributed by atoms with E-state index in [1.54, 1.807) is 17.2 Å². The van der Waals surface area contributed by atoms with Crippen LogP contribution in [0.2, 0.25) is 0 Å². The Morgan fingerprint density at radius 3 is 2.65 bits per heavy atom. The lowest BCUT2D eigenvalue weighted by Crippen LogP contribution is -2.05. The van der Waals surface area contributed by atoms with Crippen LogP contribution in [0.5, 0.6) is 0 Å². The van der Waals surface area contributed by atoms with Crippen LogP contribution >= 0.6 is 0 Å². The summed E-state index contributed by atoms with van der Waals surface area (Å²) in [6.07, 6.45) is 7.34. The third kappa shape index (κ3) is 2.60. The SMILES string of the molecule is CC(N)c1cn(Cc2ccc(-n3ccnc3)cc2)nn1. The van der Waals surface area contributed by atoms with Crippen molar-refractivity contribution in [2.24, 2.45) is 5.73 Å². The molecule has 2 heterocycles. The number of hydrogen-bond acceptors (Lipinski definition) is 4. The number of benzene rings is 1. The van der Waals surface area contributed by atoms with Crippen LogP contribution in [-0.4, -0.2) is 24.5 Å². The van der Waals surface area contributed by atoms with Crippen molar-refractivity contribution in [1.29, 1.82) is 0 Å². The van der Waals surface area contributed by atoms with E-state index in [-0.39, 0.29) is 6.04 Å². The largest absolute Gasteiger partial charge is 0.323 e. The van der Waals surface area contributed by atoms with Gasteiger partial charge < -0.3 is 10.3 Å². The summed E-state index contributed by atoms with van der Waals surface area (Å²) in [6, 6.07) is 8.17. The van der Waals surface area contributed by atoms with Gasteiger partial charge in [0.2, 0.25) is 0 Å². The first-order valence-corrected chi connectivity index (χ1v) is 6.45. The van der Waals surface area contributed by atoms with Crippen molar-refractivity contribution in [3.8, 4) is 5.69 Å². The van der Waals surface area contributed by atoms with E-state index in [1.165, 1.54) is 0 Å². The maximum Gasteiger partial charge on any atom is 0.0991 e. The molecule has 1 aromatic carbocycles. The quantitative estimate of drug-likeness (QED) is 0.778. The molecule has 0 aliphatic rings. The molecule has 3 rings (SSSR count). The van der Waals surface area contributed by atoms with E-state index in [9.17, 15) is 0 Å². The standard InChI is InChI=1S/C14H16N6/c1-11(15)14-9-20(18-17-14)8-12-2-4-13(5-3-12)19-7-6-16-10-19/h2-7,9-11H,8,15H2,1H3. The van der Waals surface area contributed by atoms with Crippen molar-refractivity contribution in [1.82, 2.24) is 24.5 Å². The highest BCUT2D eigenvalue weighted by Crippen LogP contribution is 2.11. The summed E-state index contributed by atoms with van der Waals surface area (Å²) in [5.41, 5.74) is 8.82. The Morgan fingerprint density at radius 2 is 2.05 bits per heavy atom. The second kappa shape index (κ2) is 5.26. The van der Waals surface area contributed by atoms with Gasteiger partial charge in [-0.25, -0.2) is 9.67 Å². The monoisotopic (exact) mass is 268 g/mol. The van der Waals surface area contributed by atoms with Crippen LogP contribution in [0.25, 0.3) is 5.69 Å². The van der Waals surface area contributed by atoms with Gasteiger partial charge in [0.1, 0.15) is 0 Å². The molecule has 0 aliphatic carbocycles. The molecule has 2 aromatic heterocycles. The summed E-state index contributed by atoms with van der Waals surface area (Å²) in [4.78, 5) is 4.04. The molecule has 102 valence electrons. The van der Waals surface area contributed by atoms with Gasteiger partial charge in [-0.05, 0) is 24.6 Å². The topological polar surface area (TPSA) is 74.5 Å². The van der Waals surface area contributed by atoms with Crippen molar-refractivity contribution in [3.63, 3.8) is 0 Å². The maximum absolute atomic E-state index is 5.77. The zero-order valence-electron chi connectivity index (χ0n) is 11.2. The van der Waals surface area contributed by atoms with Gasteiger partial charge in [0, 0.05) is 24.1 Å². The van der Waals surface area contributed by atoms with Crippen LogP contribution in [0.1, 0.15) is 24.2 Å². The summed E-state index contributed by atoms with van der Waals surface area (Å²) in [5.74, 6) is 0. The molecule has 1 atom stereocenters. The summed E-state index contributed by atoms with van der Waals surface area (Å²) < 4.78 is 3.76. The fourth-order valence-electron chi connectivity index (χ4n) is 1.97. The second-order valence-corrected chi connectivity index (χ2v) is 4.77. The highest BCUT2D eigenvalue weighted by atomic mass is 15.4. The maximum atomic E-state index is 5.77. The molecule has 6 nitrogen and oxygen atoms in total. The van der Waals surface area contributed by atoms with Crippen molar-refractivity contribution < 1.29 is 0 Å². The molecular formula is C14H16N6. The molecule has 6 heteroatoms. The highest BCUT2D eigenvalue weighted by molar-refractivity contribution is 5.34. The van der Waals surface area contributed by atoms with Gasteiger partial charge in [0.25, 0.3) is 0 Å². The Balaban J connectivity index is 1.74. The number of nitrogens with two attached hydrogens (primary N) is 1. The fourth-order valence-corrected chi connectivity index (χ4v) is 1.97. The summed E-state index contributed by atoms with van der Waals surface area (Å²) in [7, 11) is 0. The molecule has 0 amide bonds. The molecule has 3 aromatic rings. The third-order valence-corrected chi connectivity index (χ3v) is 3.11. The van der Waals surface area contributed by atoms with Crippen molar-refractivity contribution in [2.45, 2.75) is 19.5 Å². The van der Waals surface area contributed by atoms with E-state index >= 15 is 0 Å². The predicted octanol–water partition coefficient (Wildman–Crippen LogP) is 1.53. The van der Waals surface area contributed by atoms with Crippen LogP contribution in [0.3, 0.4) is 0 Å². The minimum atomic E-state index is -0.0904. The first-order valence-electron chi connectivity index (χ1n) is 6.45. The van der Waals surface area contributed by atoms with Crippen molar-refractivity contribution in [2.75, 3.05) is 0 Å². The number of rotatable bonds is 4. The van der Waals surface area contributed by atoms with Crippen LogP contribution in [0, 0.1) is 0 Å². The Labute approximate surface area is 116 Å². The number of imidazole rings is 1. The third-order valence-electron chi connectivity index (χ3n) is 3.11. The fraction of sp³-hybridized carbons (Fsp3) is 0.214. The van der Waals surface area contributed by atoms with Gasteiger partial charge >= 0.3 is 0 Å². The minimum Gasteiger partial charge on any atom is -0.323 e. The Hall–Kier alpha value is -2.47. The lowest BCUT2D eigenvalue weighted by atomic mass is 10.2. The van der Waals surface area contributed by atoms with Gasteiger partial charge in [-0.3, -0.25) is 0 Å². The zero-order valence-corrected chi connectivity index (χ0v) is 11.2. The molecule has 20 heavy (non-hydrogen) atoms. The molecule has 2 N–H and O–H groups in total. The van der Waals surface area contributed by atoms with Crippen LogP contribution in [0.4, 0.5) is 0 Å². The Kier molecular flexibility index (Phi) is 3.30. The molecule has 0 radical (unpaired) electrons. The highest BCUT2D eigenvalue weighted by Gasteiger charge is 2.05. The van der Waals surface area contributed by atoms with Gasteiger partial charge in [0.15, 0.2) is 0 Å². The Morgan fingerprint density at radius 1 is 1.25 bits per heavy atom. The molecule has 0 spiro atoms. The number of hydrogen-bond donors (Lipinski definition) is 1. The van der Waals surface area contributed by atoms with Crippen LogP contribution in [0.15, 0.2) is 49.2 Å². The first kappa shape index (κ1) is 12.6. The van der Waals surface area contributed by atoms with Crippen LogP contribution < -0.4 is 5.73 Å². The first-order chi connectivity index (χ1) is 9.72. The molecule has 0 aliphatic heterocycles. The van der Waals surface area contributed by atoms with Crippen molar-refractivity contribution in [3.05, 3.63) is 60.4 Å². The Bertz CT molecular complexity index is 666. The van der Waals surface area contributed by atoms with E-state index in [2.05, 4.69) is 39.6 Å². The molecule has 0 saturated heterocycles. The predicted molar refractivity (Wildman–Crippen MR) is 75.3 cm³/mol. The second-order valence-electron chi connectivity index (χ2n) is 4.77. The van der Waals surface area contributed by atoms with Crippen molar-refractivity contribution >= 4 is 0 Å². The summed E-state index contributed by atoms with van der Waals surface area (Å²) >= 11 is 0. The van der Waals surface area contributed by atoms with Gasteiger partial charge in [-0.2, -0.15) is 0 Å². The van der Waals surface area contributed by atoms with E-state index in [1.807, 2.05) is 23.9 Å². The molecule has 1 unspecified atom stereocenters. The molecule has 0 saturated carbocycles. The minimum absolute atomic E-state index is 0.0904. The van der Waals surface area contributed by atoms with E-state index in [0.717, 1.165) is 16.9 Å². The van der Waals surface area contributed by atoms with E-state index < -0.39 is 0 Å². The average Bonchev–Trinajstić information content (AvgIpc) is 3.10. The number of aromatic nitrogens is 5. The lowest BCUT2D eigenvalue weighted by molar-refractivity contribution is 0.648. The average molecular weight is 268 g/mol. The molecule has 0 bridgehead atoms. The zero-order chi connectivity index (χ0) is 13.9. The smallest absolute Gasteiger partial charge is 0.0991 e. The lowest BCUT2D eigenvalue weighted by Gasteiger charge is -2.04.